The number of likely N-dealkylation sites (tertiary alicyclic amines) is 1. The van der Waals surface area contributed by atoms with Crippen LogP contribution in [0.15, 0.2) is 35.3 Å². The summed E-state index contributed by atoms with van der Waals surface area (Å²) in [6, 6.07) is 12.7. The molecule has 0 spiro atoms. The summed E-state index contributed by atoms with van der Waals surface area (Å²) in [5.41, 5.74) is 1.41. The number of hydrogen-bond acceptors (Lipinski definition) is 3. The highest BCUT2D eigenvalue weighted by atomic mass is 127. The summed E-state index contributed by atoms with van der Waals surface area (Å²) in [6.45, 7) is 13.0. The summed E-state index contributed by atoms with van der Waals surface area (Å²) < 4.78 is 0. The number of aliphatic imine (C=N–C) groups is 1. The highest BCUT2D eigenvalue weighted by molar-refractivity contribution is 14.0. The number of benzene rings is 1. The van der Waals surface area contributed by atoms with Crippen LogP contribution in [0.3, 0.4) is 0 Å². The van der Waals surface area contributed by atoms with Crippen LogP contribution in [-0.2, 0) is 6.54 Å². The van der Waals surface area contributed by atoms with Crippen LogP contribution in [0.4, 0.5) is 0 Å². The van der Waals surface area contributed by atoms with Crippen molar-refractivity contribution >= 4 is 29.9 Å². The predicted octanol–water partition coefficient (Wildman–Crippen LogP) is 3.70. The fourth-order valence-corrected chi connectivity index (χ4v) is 4.14. The molecule has 2 aliphatic rings. The second kappa shape index (κ2) is 12.7. The van der Waals surface area contributed by atoms with Crippen molar-refractivity contribution in [2.24, 2.45) is 4.99 Å². The molecule has 1 heterocycles. The van der Waals surface area contributed by atoms with Gasteiger partial charge in [-0.05, 0) is 52.0 Å². The number of guanidine groups is 1. The molecule has 0 radical (unpaired) electrons. The fourth-order valence-electron chi connectivity index (χ4n) is 4.14. The van der Waals surface area contributed by atoms with E-state index in [1.165, 1.54) is 31.2 Å². The Bertz CT molecular complexity index is 593. The molecule has 2 N–H and O–H groups in total. The Balaban J connectivity index is 0.00000300. The van der Waals surface area contributed by atoms with Crippen LogP contribution < -0.4 is 10.6 Å². The number of piperidine rings is 1. The summed E-state index contributed by atoms with van der Waals surface area (Å²) in [6.07, 6.45) is 5.08. The normalized spacial score (nSPS) is 18.7. The molecule has 2 fully saturated rings. The molecule has 1 saturated heterocycles. The fraction of sp³-hybridized carbons (Fsp3) is 0.696. The van der Waals surface area contributed by atoms with E-state index in [0.29, 0.717) is 12.1 Å². The highest BCUT2D eigenvalue weighted by Crippen LogP contribution is 2.28. The Hall–Kier alpha value is -0.860. The van der Waals surface area contributed by atoms with Crippen LogP contribution in [0, 0.1) is 0 Å². The van der Waals surface area contributed by atoms with Gasteiger partial charge in [-0.1, -0.05) is 30.3 Å². The van der Waals surface area contributed by atoms with E-state index in [9.17, 15) is 0 Å². The highest BCUT2D eigenvalue weighted by Gasteiger charge is 2.30. The van der Waals surface area contributed by atoms with E-state index in [4.69, 9.17) is 4.99 Å². The molecule has 29 heavy (non-hydrogen) atoms. The topological polar surface area (TPSA) is 42.9 Å². The van der Waals surface area contributed by atoms with E-state index in [1.54, 1.807) is 0 Å². The van der Waals surface area contributed by atoms with Gasteiger partial charge < -0.3 is 10.6 Å². The second-order valence-corrected chi connectivity index (χ2v) is 8.50. The van der Waals surface area contributed by atoms with Crippen molar-refractivity contribution in [1.82, 2.24) is 20.4 Å². The molecule has 0 atom stereocenters. The van der Waals surface area contributed by atoms with Crippen LogP contribution in [0.5, 0.6) is 0 Å². The molecule has 0 unspecified atom stereocenters. The van der Waals surface area contributed by atoms with Crippen LogP contribution in [-0.4, -0.2) is 66.6 Å². The van der Waals surface area contributed by atoms with Gasteiger partial charge in [-0.2, -0.15) is 0 Å². The van der Waals surface area contributed by atoms with Crippen LogP contribution in [0.2, 0.25) is 0 Å². The maximum absolute atomic E-state index is 4.87. The monoisotopic (exact) mass is 513 g/mol. The Morgan fingerprint density at radius 3 is 2.41 bits per heavy atom. The number of nitrogens with one attached hydrogen (secondary N) is 2. The Labute approximate surface area is 194 Å². The third-order valence-corrected chi connectivity index (χ3v) is 5.83. The van der Waals surface area contributed by atoms with Crippen LogP contribution in [0.1, 0.15) is 52.0 Å². The lowest BCUT2D eigenvalue weighted by Crippen LogP contribution is -2.48. The quantitative estimate of drug-likeness (QED) is 0.300. The van der Waals surface area contributed by atoms with Crippen LogP contribution in [0.25, 0.3) is 0 Å². The number of hydrogen-bond donors (Lipinski definition) is 2. The molecule has 0 amide bonds. The summed E-state index contributed by atoms with van der Waals surface area (Å²) in [4.78, 5) is 10.0. The molecular formula is C23H40IN5. The molecule has 5 nitrogen and oxygen atoms in total. The SMILES string of the molecule is CCNC(=NCCN(C(C)C)C1CC1)NC1CCN(Cc2ccccc2)CC1.I. The first-order valence-electron chi connectivity index (χ1n) is 11.2. The minimum absolute atomic E-state index is 0. The third kappa shape index (κ3) is 8.42. The van der Waals surface area contributed by atoms with Crippen molar-refractivity contribution < 1.29 is 0 Å². The molecule has 1 aliphatic carbocycles. The van der Waals surface area contributed by atoms with Crippen molar-refractivity contribution in [3.8, 4) is 0 Å². The second-order valence-electron chi connectivity index (χ2n) is 8.50. The molecule has 1 saturated carbocycles. The summed E-state index contributed by atoms with van der Waals surface area (Å²) in [7, 11) is 0. The third-order valence-electron chi connectivity index (χ3n) is 5.83. The Kier molecular flexibility index (Phi) is 10.7. The van der Waals surface area contributed by atoms with Gasteiger partial charge in [-0.15, -0.1) is 24.0 Å². The summed E-state index contributed by atoms with van der Waals surface area (Å²) >= 11 is 0. The molecule has 0 aromatic heterocycles. The van der Waals surface area contributed by atoms with Crippen molar-refractivity contribution in [2.45, 2.75) is 71.1 Å². The minimum Gasteiger partial charge on any atom is -0.357 e. The van der Waals surface area contributed by atoms with Gasteiger partial charge in [-0.3, -0.25) is 14.8 Å². The van der Waals surface area contributed by atoms with Gasteiger partial charge in [0.1, 0.15) is 0 Å². The van der Waals surface area contributed by atoms with E-state index < -0.39 is 0 Å². The first-order chi connectivity index (χ1) is 13.7. The van der Waals surface area contributed by atoms with E-state index >= 15 is 0 Å². The predicted molar refractivity (Wildman–Crippen MR) is 134 cm³/mol. The van der Waals surface area contributed by atoms with Gasteiger partial charge >= 0.3 is 0 Å². The molecule has 6 heteroatoms. The van der Waals surface area contributed by atoms with Gasteiger partial charge in [0.2, 0.25) is 0 Å². The first-order valence-corrected chi connectivity index (χ1v) is 11.2. The molecule has 3 rings (SSSR count). The van der Waals surface area contributed by atoms with Crippen molar-refractivity contribution in [1.29, 1.82) is 0 Å². The van der Waals surface area contributed by atoms with Crippen molar-refractivity contribution in [3.05, 3.63) is 35.9 Å². The van der Waals surface area contributed by atoms with E-state index in [1.807, 2.05) is 0 Å². The van der Waals surface area contributed by atoms with Gasteiger partial charge in [0.25, 0.3) is 0 Å². The lowest BCUT2D eigenvalue weighted by atomic mass is 10.0. The Morgan fingerprint density at radius 1 is 1.14 bits per heavy atom. The largest absolute Gasteiger partial charge is 0.357 e. The zero-order valence-corrected chi connectivity index (χ0v) is 20.8. The maximum Gasteiger partial charge on any atom is 0.191 e. The number of halogens is 1. The van der Waals surface area contributed by atoms with E-state index in [-0.39, 0.29) is 24.0 Å². The lowest BCUT2D eigenvalue weighted by molar-refractivity contribution is 0.198. The summed E-state index contributed by atoms with van der Waals surface area (Å²) in [5, 5.41) is 7.12. The van der Waals surface area contributed by atoms with E-state index in [2.05, 4.69) is 71.5 Å². The van der Waals surface area contributed by atoms with Crippen molar-refractivity contribution in [2.75, 3.05) is 32.7 Å². The molecule has 164 valence electrons. The smallest absolute Gasteiger partial charge is 0.191 e. The van der Waals surface area contributed by atoms with Gasteiger partial charge in [0, 0.05) is 50.8 Å². The molecule has 1 aromatic rings. The molecular weight excluding hydrogens is 473 g/mol. The van der Waals surface area contributed by atoms with Crippen molar-refractivity contribution in [3.63, 3.8) is 0 Å². The number of nitrogens with zero attached hydrogens (tertiary/aromatic N) is 3. The standard InChI is InChI=1S/C23H39N5.HI/c1-4-24-23(25-14-17-28(19(2)3)22-10-11-22)26-21-12-15-27(16-13-21)18-20-8-6-5-7-9-20;/h5-9,19,21-22H,4,10-18H2,1-3H3,(H2,24,25,26);1H. The Morgan fingerprint density at radius 2 is 1.83 bits per heavy atom. The average molecular weight is 514 g/mol. The van der Waals surface area contributed by atoms with Crippen LogP contribution >= 0.6 is 24.0 Å². The minimum atomic E-state index is 0. The van der Waals surface area contributed by atoms with Gasteiger partial charge in [-0.25, -0.2) is 0 Å². The van der Waals surface area contributed by atoms with E-state index in [0.717, 1.165) is 51.3 Å². The van der Waals surface area contributed by atoms with Gasteiger partial charge in [0.05, 0.1) is 6.54 Å². The average Bonchev–Trinajstić information content (AvgIpc) is 3.52. The zero-order chi connectivity index (χ0) is 19.8. The summed E-state index contributed by atoms with van der Waals surface area (Å²) in [5.74, 6) is 0.989. The molecule has 1 aromatic carbocycles. The molecule has 0 bridgehead atoms. The first kappa shape index (κ1) is 24.4. The number of rotatable bonds is 9. The van der Waals surface area contributed by atoms with Gasteiger partial charge in [0.15, 0.2) is 5.96 Å². The molecule has 1 aliphatic heterocycles. The lowest BCUT2D eigenvalue weighted by Gasteiger charge is -2.33. The maximum atomic E-state index is 4.87. The zero-order valence-electron chi connectivity index (χ0n) is 18.4.